The summed E-state index contributed by atoms with van der Waals surface area (Å²) in [6.45, 7) is 4.47. The van der Waals surface area contributed by atoms with Crippen molar-refractivity contribution < 1.29 is 9.21 Å². The molecule has 5 aromatic rings. The molecule has 34 heavy (non-hydrogen) atoms. The molecule has 0 saturated carbocycles. The molecule has 6 nitrogen and oxygen atoms in total. The smallest absolute Gasteiger partial charge is 0.302 e. The van der Waals surface area contributed by atoms with Gasteiger partial charge < -0.3 is 9.73 Å². The number of rotatable bonds is 6. The molecule has 3 aromatic carbocycles. The van der Waals surface area contributed by atoms with Gasteiger partial charge >= 0.3 is 5.56 Å². The third-order valence-corrected chi connectivity index (χ3v) is 6.72. The molecule has 0 spiro atoms. The van der Waals surface area contributed by atoms with Crippen molar-refractivity contribution in [2.24, 2.45) is 0 Å². The summed E-state index contributed by atoms with van der Waals surface area (Å²) in [4.78, 5) is 31.0. The molecule has 0 bridgehead atoms. The van der Waals surface area contributed by atoms with Crippen LogP contribution in [0.3, 0.4) is 0 Å². The van der Waals surface area contributed by atoms with E-state index in [-0.39, 0.29) is 22.8 Å². The van der Waals surface area contributed by atoms with E-state index in [2.05, 4.69) is 5.32 Å². The molecule has 0 aliphatic heterocycles. The number of hydrogen-bond donors (Lipinski definition) is 1. The zero-order valence-corrected chi connectivity index (χ0v) is 19.7. The maximum atomic E-state index is 13.6. The molecule has 0 aliphatic rings. The maximum absolute atomic E-state index is 13.6. The monoisotopic (exact) mass is 469 g/mol. The fourth-order valence-electron chi connectivity index (χ4n) is 3.79. The van der Waals surface area contributed by atoms with Crippen LogP contribution in [-0.4, -0.2) is 21.2 Å². The Labute approximate surface area is 200 Å². The third-order valence-electron chi connectivity index (χ3n) is 5.78. The van der Waals surface area contributed by atoms with Crippen molar-refractivity contribution in [2.75, 3.05) is 5.75 Å². The average Bonchev–Trinajstić information content (AvgIpc) is 3.23. The first-order valence-electron chi connectivity index (χ1n) is 11.0. The number of carbonyl (C=O) groups is 1. The van der Waals surface area contributed by atoms with Crippen molar-refractivity contribution in [1.29, 1.82) is 0 Å². The molecule has 0 fully saturated rings. The molecule has 7 heteroatoms. The molecular formula is C27H23N3O3S. The second-order valence-corrected chi connectivity index (χ2v) is 9.07. The fraction of sp³-hybridized carbons (Fsp3) is 0.148. The van der Waals surface area contributed by atoms with E-state index in [0.29, 0.717) is 28.5 Å². The van der Waals surface area contributed by atoms with Crippen LogP contribution in [0.5, 0.6) is 0 Å². The summed E-state index contributed by atoms with van der Waals surface area (Å²) in [5, 5.41) is 4.15. The Bertz CT molecular complexity index is 1570. The summed E-state index contributed by atoms with van der Waals surface area (Å²) >= 11 is 1.23. The van der Waals surface area contributed by atoms with E-state index in [4.69, 9.17) is 9.40 Å². The second-order valence-electron chi connectivity index (χ2n) is 8.13. The minimum Gasteiger partial charge on any atom is -0.448 e. The molecular weight excluding hydrogens is 446 g/mol. The molecule has 0 aliphatic carbocycles. The summed E-state index contributed by atoms with van der Waals surface area (Å²) in [5.41, 5.74) is 4.93. The Kier molecular flexibility index (Phi) is 5.94. The Hall–Kier alpha value is -3.84. The molecule has 0 unspecified atom stereocenters. The van der Waals surface area contributed by atoms with Gasteiger partial charge in [-0.25, -0.2) is 4.98 Å². The van der Waals surface area contributed by atoms with E-state index >= 15 is 0 Å². The van der Waals surface area contributed by atoms with Gasteiger partial charge in [0, 0.05) is 11.9 Å². The lowest BCUT2D eigenvalue weighted by molar-refractivity contribution is -0.118. The minimum absolute atomic E-state index is 0.130. The van der Waals surface area contributed by atoms with E-state index in [1.165, 1.54) is 16.3 Å². The molecule has 2 aromatic heterocycles. The van der Waals surface area contributed by atoms with Gasteiger partial charge in [0.2, 0.25) is 11.5 Å². The number of furan rings is 1. The van der Waals surface area contributed by atoms with Gasteiger partial charge in [-0.2, -0.15) is 0 Å². The minimum atomic E-state index is -0.295. The summed E-state index contributed by atoms with van der Waals surface area (Å²) in [6.07, 6.45) is 0. The Morgan fingerprint density at radius 2 is 1.76 bits per heavy atom. The van der Waals surface area contributed by atoms with Crippen LogP contribution in [0.4, 0.5) is 0 Å². The van der Waals surface area contributed by atoms with Crippen molar-refractivity contribution in [3.8, 4) is 5.69 Å². The summed E-state index contributed by atoms with van der Waals surface area (Å²) < 4.78 is 7.42. The van der Waals surface area contributed by atoms with Gasteiger partial charge in [0.1, 0.15) is 11.1 Å². The highest BCUT2D eigenvalue weighted by molar-refractivity contribution is 7.99. The Morgan fingerprint density at radius 1 is 1.00 bits per heavy atom. The largest absolute Gasteiger partial charge is 0.448 e. The van der Waals surface area contributed by atoms with E-state index in [0.717, 1.165) is 22.1 Å². The average molecular weight is 470 g/mol. The van der Waals surface area contributed by atoms with Crippen LogP contribution in [0.15, 0.2) is 87.2 Å². The highest BCUT2D eigenvalue weighted by Crippen LogP contribution is 2.28. The van der Waals surface area contributed by atoms with Crippen LogP contribution in [0, 0.1) is 13.8 Å². The first kappa shape index (κ1) is 22.0. The van der Waals surface area contributed by atoms with Gasteiger partial charge in [-0.15, -0.1) is 0 Å². The summed E-state index contributed by atoms with van der Waals surface area (Å²) in [6, 6.07) is 23.0. The topological polar surface area (TPSA) is 77.1 Å². The van der Waals surface area contributed by atoms with Gasteiger partial charge in [-0.05, 0) is 54.8 Å². The van der Waals surface area contributed by atoms with Crippen molar-refractivity contribution in [2.45, 2.75) is 25.5 Å². The van der Waals surface area contributed by atoms with E-state index in [1.54, 1.807) is 0 Å². The summed E-state index contributed by atoms with van der Waals surface area (Å²) in [7, 11) is 0. The molecule has 0 atom stereocenters. The first-order chi connectivity index (χ1) is 16.5. The molecule has 1 amide bonds. The molecule has 5 rings (SSSR count). The number of para-hydroxylation sites is 1. The SMILES string of the molecule is Cc1ccc(-n2c(SCC(=O)NCc3ccccc3)nc3c(oc4ccccc43)c2=O)cc1C. The Morgan fingerprint density at radius 3 is 2.56 bits per heavy atom. The lowest BCUT2D eigenvalue weighted by Crippen LogP contribution is -2.26. The van der Waals surface area contributed by atoms with Crippen LogP contribution in [0.25, 0.3) is 27.8 Å². The van der Waals surface area contributed by atoms with Gasteiger partial charge in [-0.1, -0.05) is 60.3 Å². The van der Waals surface area contributed by atoms with Crippen LogP contribution < -0.4 is 10.9 Å². The summed E-state index contributed by atoms with van der Waals surface area (Å²) in [5.74, 6) is -0.00215. The third kappa shape index (κ3) is 4.22. The van der Waals surface area contributed by atoms with Gasteiger partial charge in [0.15, 0.2) is 5.16 Å². The van der Waals surface area contributed by atoms with Crippen molar-refractivity contribution in [3.05, 3.63) is 99.8 Å². The standard InChI is InChI=1S/C27H23N3O3S/c1-17-12-13-20(14-18(17)2)30-26(32)25-24(21-10-6-7-11-22(21)33-25)29-27(30)34-16-23(31)28-15-19-8-4-3-5-9-19/h3-14H,15-16H2,1-2H3,(H,28,31). The molecule has 2 heterocycles. The second kappa shape index (κ2) is 9.19. The van der Waals surface area contributed by atoms with Crippen molar-refractivity contribution in [1.82, 2.24) is 14.9 Å². The van der Waals surface area contributed by atoms with Crippen LogP contribution in [-0.2, 0) is 11.3 Å². The fourth-order valence-corrected chi connectivity index (χ4v) is 4.62. The molecule has 170 valence electrons. The predicted octanol–water partition coefficient (Wildman–Crippen LogP) is 5.16. The number of carbonyl (C=O) groups excluding carboxylic acids is 1. The lowest BCUT2D eigenvalue weighted by Gasteiger charge is -2.13. The maximum Gasteiger partial charge on any atom is 0.302 e. The van der Waals surface area contributed by atoms with E-state index < -0.39 is 0 Å². The molecule has 1 N–H and O–H groups in total. The number of benzene rings is 3. The van der Waals surface area contributed by atoms with Crippen molar-refractivity contribution >= 4 is 39.7 Å². The number of hydrogen-bond acceptors (Lipinski definition) is 5. The molecule has 0 saturated heterocycles. The van der Waals surface area contributed by atoms with E-state index in [1.807, 2.05) is 86.6 Å². The number of aromatic nitrogens is 2. The first-order valence-corrected chi connectivity index (χ1v) is 11.9. The highest BCUT2D eigenvalue weighted by atomic mass is 32.2. The number of nitrogens with one attached hydrogen (secondary N) is 1. The lowest BCUT2D eigenvalue weighted by atomic mass is 10.1. The normalized spacial score (nSPS) is 11.2. The number of aryl methyl sites for hydroxylation is 2. The zero-order chi connectivity index (χ0) is 23.7. The van der Waals surface area contributed by atoms with Crippen LogP contribution in [0.2, 0.25) is 0 Å². The highest BCUT2D eigenvalue weighted by Gasteiger charge is 2.20. The number of thioether (sulfide) groups is 1. The molecule has 0 radical (unpaired) electrons. The van der Waals surface area contributed by atoms with Gasteiger partial charge in [0.25, 0.3) is 0 Å². The van der Waals surface area contributed by atoms with Crippen LogP contribution >= 0.6 is 11.8 Å². The quantitative estimate of drug-likeness (QED) is 0.275. The zero-order valence-electron chi connectivity index (χ0n) is 18.9. The van der Waals surface area contributed by atoms with Gasteiger partial charge in [0.05, 0.1) is 11.4 Å². The van der Waals surface area contributed by atoms with Crippen LogP contribution in [0.1, 0.15) is 16.7 Å². The Balaban J connectivity index is 1.53. The number of nitrogens with zero attached hydrogens (tertiary/aromatic N) is 2. The van der Waals surface area contributed by atoms with Crippen molar-refractivity contribution in [3.63, 3.8) is 0 Å². The number of amides is 1. The predicted molar refractivity (Wildman–Crippen MR) is 136 cm³/mol. The number of fused-ring (bicyclic) bond motifs is 3. The van der Waals surface area contributed by atoms with Gasteiger partial charge in [-0.3, -0.25) is 14.2 Å². The van der Waals surface area contributed by atoms with E-state index in [9.17, 15) is 9.59 Å².